The maximum absolute atomic E-state index is 13.4. The molecule has 1 fully saturated rings. The van der Waals surface area contributed by atoms with Crippen molar-refractivity contribution in [3.8, 4) is 11.4 Å². The molecule has 0 unspecified atom stereocenters. The third-order valence-electron chi connectivity index (χ3n) is 5.10. The third-order valence-corrected chi connectivity index (χ3v) is 7.10. The zero-order valence-corrected chi connectivity index (χ0v) is 17.4. The lowest BCUT2D eigenvalue weighted by molar-refractivity contribution is 0.181. The topological polar surface area (TPSA) is 79.3 Å². The number of nitrogens with zero attached hydrogens (tertiary/aromatic N) is 5. The second-order valence-electron chi connectivity index (χ2n) is 7.20. The molecule has 0 bridgehead atoms. The Morgan fingerprint density at radius 3 is 2.53 bits per heavy atom. The Morgan fingerprint density at radius 1 is 1.07 bits per heavy atom. The van der Waals surface area contributed by atoms with E-state index in [1.807, 2.05) is 12.1 Å². The van der Waals surface area contributed by atoms with Gasteiger partial charge in [0.05, 0.1) is 11.9 Å². The first-order valence-corrected chi connectivity index (χ1v) is 11.1. The molecule has 3 heterocycles. The van der Waals surface area contributed by atoms with Crippen LogP contribution >= 0.6 is 0 Å². The van der Waals surface area contributed by atoms with E-state index in [2.05, 4.69) is 19.9 Å². The molecule has 1 aromatic carbocycles. The molecule has 0 N–H and O–H groups in total. The van der Waals surface area contributed by atoms with Gasteiger partial charge in [0.2, 0.25) is 10.0 Å². The van der Waals surface area contributed by atoms with Crippen molar-refractivity contribution in [2.75, 3.05) is 26.2 Å². The van der Waals surface area contributed by atoms with Crippen LogP contribution in [-0.4, -0.2) is 58.8 Å². The van der Waals surface area contributed by atoms with Crippen LogP contribution in [0.25, 0.3) is 11.4 Å². The zero-order valence-electron chi connectivity index (χ0n) is 16.6. The minimum atomic E-state index is -3.69. The summed E-state index contributed by atoms with van der Waals surface area (Å²) in [6.07, 6.45) is 4.67. The summed E-state index contributed by atoms with van der Waals surface area (Å²) in [6, 6.07) is 10.1. The Kier molecular flexibility index (Phi) is 5.85. The van der Waals surface area contributed by atoms with Crippen LogP contribution in [0.15, 0.2) is 59.9 Å². The summed E-state index contributed by atoms with van der Waals surface area (Å²) in [6.45, 7) is 4.14. The monoisotopic (exact) mass is 427 g/mol. The quantitative estimate of drug-likeness (QED) is 0.623. The Balaban J connectivity index is 1.45. The molecule has 1 aliphatic heterocycles. The van der Waals surface area contributed by atoms with Crippen LogP contribution in [0.2, 0.25) is 0 Å². The van der Waals surface area contributed by atoms with Crippen LogP contribution < -0.4 is 0 Å². The van der Waals surface area contributed by atoms with Gasteiger partial charge >= 0.3 is 0 Å². The largest absolute Gasteiger partial charge is 0.296 e. The lowest BCUT2D eigenvalue weighted by atomic mass is 10.2. The van der Waals surface area contributed by atoms with Crippen molar-refractivity contribution < 1.29 is 12.8 Å². The lowest BCUT2D eigenvalue weighted by Crippen LogP contribution is -2.48. The number of aryl methyl sites for hydroxylation is 1. The highest BCUT2D eigenvalue weighted by Gasteiger charge is 2.30. The SMILES string of the molecule is Cc1nc(-c2cccnc2)ncc1S(=O)(=O)N1CCN(Cc2cccc(F)c2)CC1. The van der Waals surface area contributed by atoms with Crippen molar-refractivity contribution in [3.63, 3.8) is 0 Å². The highest BCUT2D eigenvalue weighted by atomic mass is 32.2. The number of rotatable bonds is 5. The number of pyridine rings is 1. The molecule has 2 aromatic heterocycles. The van der Waals surface area contributed by atoms with Crippen LogP contribution in [0.4, 0.5) is 4.39 Å². The van der Waals surface area contributed by atoms with Gasteiger partial charge in [0, 0.05) is 50.7 Å². The van der Waals surface area contributed by atoms with E-state index in [4.69, 9.17) is 0 Å². The molecule has 9 heteroatoms. The summed E-state index contributed by atoms with van der Waals surface area (Å²) in [7, 11) is -3.69. The molecular weight excluding hydrogens is 405 g/mol. The van der Waals surface area contributed by atoms with Gasteiger partial charge in [-0.05, 0) is 36.8 Å². The minimum absolute atomic E-state index is 0.119. The van der Waals surface area contributed by atoms with E-state index in [9.17, 15) is 12.8 Å². The minimum Gasteiger partial charge on any atom is -0.296 e. The first-order chi connectivity index (χ1) is 14.4. The molecule has 3 aromatic rings. The normalized spacial score (nSPS) is 15.9. The van der Waals surface area contributed by atoms with Gasteiger partial charge in [0.25, 0.3) is 0 Å². The van der Waals surface area contributed by atoms with Crippen molar-refractivity contribution in [1.82, 2.24) is 24.2 Å². The molecule has 0 atom stereocenters. The molecule has 0 radical (unpaired) electrons. The van der Waals surface area contributed by atoms with Gasteiger partial charge in [0.1, 0.15) is 10.7 Å². The number of benzene rings is 1. The van der Waals surface area contributed by atoms with Crippen LogP contribution in [-0.2, 0) is 16.6 Å². The predicted molar refractivity (Wildman–Crippen MR) is 110 cm³/mol. The molecule has 7 nitrogen and oxygen atoms in total. The molecule has 0 saturated carbocycles. The highest BCUT2D eigenvalue weighted by molar-refractivity contribution is 7.89. The van der Waals surface area contributed by atoms with Crippen molar-refractivity contribution in [3.05, 3.63) is 72.1 Å². The standard InChI is InChI=1S/C21H22FN5O2S/c1-16-20(14-24-21(25-16)18-5-3-7-23-13-18)30(28,29)27-10-8-26(9-11-27)15-17-4-2-6-19(22)12-17/h2-7,12-14H,8-11,15H2,1H3. The van der Waals surface area contributed by atoms with Crippen molar-refractivity contribution in [2.45, 2.75) is 18.4 Å². The van der Waals surface area contributed by atoms with E-state index < -0.39 is 10.0 Å². The number of aromatic nitrogens is 3. The van der Waals surface area contributed by atoms with Gasteiger partial charge in [-0.2, -0.15) is 4.31 Å². The molecule has 0 amide bonds. The predicted octanol–water partition coefficient (Wildman–Crippen LogP) is 2.49. The van der Waals surface area contributed by atoms with E-state index in [1.54, 1.807) is 31.5 Å². The third kappa shape index (κ3) is 4.38. The average molecular weight is 428 g/mol. The molecule has 0 aliphatic carbocycles. The molecule has 156 valence electrons. The summed E-state index contributed by atoms with van der Waals surface area (Å²) in [5.41, 5.74) is 2.02. The van der Waals surface area contributed by atoms with E-state index in [-0.39, 0.29) is 10.7 Å². The number of hydrogen-bond donors (Lipinski definition) is 0. The van der Waals surface area contributed by atoms with Gasteiger partial charge < -0.3 is 0 Å². The summed E-state index contributed by atoms with van der Waals surface area (Å²) < 4.78 is 41.1. The number of halogens is 1. The molecule has 1 saturated heterocycles. The fourth-order valence-electron chi connectivity index (χ4n) is 3.50. The van der Waals surface area contributed by atoms with Crippen LogP contribution in [0.1, 0.15) is 11.3 Å². The van der Waals surface area contributed by atoms with Gasteiger partial charge in [0.15, 0.2) is 5.82 Å². The van der Waals surface area contributed by atoms with Crippen LogP contribution in [0.3, 0.4) is 0 Å². The molecule has 0 spiro atoms. The van der Waals surface area contributed by atoms with E-state index >= 15 is 0 Å². The second-order valence-corrected chi connectivity index (χ2v) is 9.10. The lowest BCUT2D eigenvalue weighted by Gasteiger charge is -2.34. The van der Waals surface area contributed by atoms with Gasteiger partial charge in [-0.3, -0.25) is 9.88 Å². The Bertz CT molecular complexity index is 1130. The maximum atomic E-state index is 13.4. The van der Waals surface area contributed by atoms with Crippen molar-refractivity contribution in [1.29, 1.82) is 0 Å². The maximum Gasteiger partial charge on any atom is 0.246 e. The van der Waals surface area contributed by atoms with Crippen LogP contribution in [0, 0.1) is 12.7 Å². The number of hydrogen-bond acceptors (Lipinski definition) is 6. The Labute approximate surface area is 175 Å². The fourth-order valence-corrected chi connectivity index (χ4v) is 5.03. The average Bonchev–Trinajstić information content (AvgIpc) is 2.74. The number of sulfonamides is 1. The highest BCUT2D eigenvalue weighted by Crippen LogP contribution is 2.22. The van der Waals surface area contributed by atoms with Gasteiger partial charge in [-0.15, -0.1) is 0 Å². The second kappa shape index (κ2) is 8.55. The number of piperazine rings is 1. The van der Waals surface area contributed by atoms with Crippen molar-refractivity contribution in [2.24, 2.45) is 0 Å². The Morgan fingerprint density at radius 2 is 1.87 bits per heavy atom. The summed E-state index contributed by atoms with van der Waals surface area (Å²) >= 11 is 0. The van der Waals surface area contributed by atoms with Gasteiger partial charge in [-0.25, -0.2) is 22.8 Å². The molecule has 30 heavy (non-hydrogen) atoms. The molecular formula is C21H22FN5O2S. The summed E-state index contributed by atoms with van der Waals surface area (Å²) in [4.78, 5) is 14.9. The smallest absolute Gasteiger partial charge is 0.246 e. The summed E-state index contributed by atoms with van der Waals surface area (Å²) in [5.74, 6) is 0.179. The first-order valence-electron chi connectivity index (χ1n) is 9.64. The van der Waals surface area contributed by atoms with Crippen LogP contribution in [0.5, 0.6) is 0 Å². The molecule has 1 aliphatic rings. The van der Waals surface area contributed by atoms with E-state index in [0.29, 0.717) is 44.2 Å². The van der Waals surface area contributed by atoms with E-state index in [1.165, 1.54) is 22.6 Å². The van der Waals surface area contributed by atoms with Gasteiger partial charge in [-0.1, -0.05) is 12.1 Å². The zero-order chi connectivity index (χ0) is 21.1. The Hall–Kier alpha value is -2.75. The summed E-state index contributed by atoms with van der Waals surface area (Å²) in [5, 5.41) is 0. The first kappa shape index (κ1) is 20.5. The van der Waals surface area contributed by atoms with E-state index in [0.717, 1.165) is 11.1 Å². The fraction of sp³-hybridized carbons (Fsp3) is 0.286. The molecule has 4 rings (SSSR count). The van der Waals surface area contributed by atoms with Crippen molar-refractivity contribution >= 4 is 10.0 Å².